The molecule has 1 aliphatic heterocycles. The van der Waals surface area contributed by atoms with Crippen LogP contribution in [0.5, 0.6) is 0 Å². The molecule has 4 nitrogen and oxygen atoms in total. The molecule has 3 rings (SSSR count). The van der Waals surface area contributed by atoms with Crippen LogP contribution in [0.1, 0.15) is 36.0 Å². The Bertz CT molecular complexity index is 735. The maximum Gasteiger partial charge on any atom is 0.348 e. The van der Waals surface area contributed by atoms with Crippen molar-refractivity contribution in [3.63, 3.8) is 0 Å². The maximum absolute atomic E-state index is 14.4. The lowest BCUT2D eigenvalue weighted by atomic mass is 10.1. The summed E-state index contributed by atoms with van der Waals surface area (Å²) < 4.78 is 26.1. The highest BCUT2D eigenvalue weighted by Crippen LogP contribution is 2.35. The molecule has 2 aromatic rings. The van der Waals surface area contributed by atoms with E-state index >= 15 is 0 Å². The number of esters is 1. The molecule has 0 saturated carbocycles. The van der Waals surface area contributed by atoms with Gasteiger partial charge < -0.3 is 9.47 Å². The molecular weight excluding hydrogens is 329 g/mol. The number of hydrogen-bond acceptors (Lipinski definition) is 5. The van der Waals surface area contributed by atoms with Gasteiger partial charge in [-0.05, 0) is 32.9 Å². The fourth-order valence-electron chi connectivity index (χ4n) is 3.32. The van der Waals surface area contributed by atoms with Crippen LogP contribution in [-0.4, -0.2) is 42.8 Å². The second kappa shape index (κ2) is 7.17. The minimum absolute atomic E-state index is 0.120. The van der Waals surface area contributed by atoms with E-state index in [4.69, 9.17) is 9.47 Å². The lowest BCUT2D eigenvalue weighted by Gasteiger charge is -2.35. The van der Waals surface area contributed by atoms with Crippen LogP contribution in [0.15, 0.2) is 18.2 Å². The van der Waals surface area contributed by atoms with Crippen LogP contribution >= 0.6 is 11.3 Å². The van der Waals surface area contributed by atoms with Crippen LogP contribution < -0.4 is 0 Å². The average molecular weight is 351 g/mol. The van der Waals surface area contributed by atoms with Crippen LogP contribution in [-0.2, 0) is 16.0 Å². The Hall–Kier alpha value is -1.50. The number of benzene rings is 1. The van der Waals surface area contributed by atoms with Crippen molar-refractivity contribution in [3.05, 3.63) is 34.5 Å². The number of halogens is 1. The van der Waals surface area contributed by atoms with Gasteiger partial charge >= 0.3 is 5.97 Å². The minimum Gasteiger partial charge on any atom is -0.462 e. The van der Waals surface area contributed by atoms with Crippen LogP contribution in [0.3, 0.4) is 0 Å². The van der Waals surface area contributed by atoms with Gasteiger partial charge in [0.1, 0.15) is 10.7 Å². The van der Waals surface area contributed by atoms with E-state index in [9.17, 15) is 9.18 Å². The van der Waals surface area contributed by atoms with Crippen molar-refractivity contribution >= 4 is 27.4 Å². The zero-order chi connectivity index (χ0) is 17.3. The van der Waals surface area contributed by atoms with Crippen molar-refractivity contribution < 1.29 is 18.7 Å². The van der Waals surface area contributed by atoms with Crippen LogP contribution in [0.4, 0.5) is 4.39 Å². The summed E-state index contributed by atoms with van der Waals surface area (Å²) in [4.78, 5) is 15.1. The largest absolute Gasteiger partial charge is 0.462 e. The Balaban J connectivity index is 2.00. The number of carbonyl (C=O) groups excluding carboxylic acids is 1. The Kier molecular flexibility index (Phi) is 5.18. The van der Waals surface area contributed by atoms with Crippen LogP contribution in [0.25, 0.3) is 10.1 Å². The summed E-state index contributed by atoms with van der Waals surface area (Å²) in [5.41, 5.74) is 0.729. The minimum atomic E-state index is -0.373. The summed E-state index contributed by atoms with van der Waals surface area (Å²) in [5.74, 6) is -0.661. The smallest absolute Gasteiger partial charge is 0.348 e. The van der Waals surface area contributed by atoms with E-state index in [0.29, 0.717) is 23.4 Å². The first-order valence-corrected chi connectivity index (χ1v) is 9.06. The van der Waals surface area contributed by atoms with Gasteiger partial charge in [-0.15, -0.1) is 11.3 Å². The molecule has 1 aliphatic rings. The molecule has 0 unspecified atom stereocenters. The molecule has 1 fully saturated rings. The number of carbonyl (C=O) groups is 1. The first kappa shape index (κ1) is 17.3. The molecule has 0 spiro atoms. The summed E-state index contributed by atoms with van der Waals surface area (Å²) in [7, 11) is 0. The second-order valence-corrected chi connectivity index (χ2v) is 7.25. The molecule has 24 heavy (non-hydrogen) atoms. The Morgan fingerprint density at radius 3 is 2.75 bits per heavy atom. The van der Waals surface area contributed by atoms with Crippen molar-refractivity contribution in [2.45, 2.75) is 39.5 Å². The predicted molar refractivity (Wildman–Crippen MR) is 93.0 cm³/mol. The summed E-state index contributed by atoms with van der Waals surface area (Å²) >= 11 is 1.30. The molecule has 1 aromatic heterocycles. The molecule has 6 heteroatoms. The van der Waals surface area contributed by atoms with Crippen molar-refractivity contribution in [2.24, 2.45) is 0 Å². The average Bonchev–Trinajstić information content (AvgIpc) is 2.86. The number of thiophene rings is 1. The molecule has 1 aromatic carbocycles. The Morgan fingerprint density at radius 2 is 2.08 bits per heavy atom. The number of morpholine rings is 1. The van der Waals surface area contributed by atoms with Gasteiger partial charge in [0.25, 0.3) is 0 Å². The quantitative estimate of drug-likeness (QED) is 0.785. The van der Waals surface area contributed by atoms with E-state index in [-0.39, 0.29) is 24.0 Å². The topological polar surface area (TPSA) is 38.8 Å². The number of hydrogen-bond donors (Lipinski definition) is 0. The van der Waals surface area contributed by atoms with E-state index in [1.165, 1.54) is 17.4 Å². The van der Waals surface area contributed by atoms with E-state index in [0.717, 1.165) is 23.4 Å². The molecular formula is C18H22FNO3S. The van der Waals surface area contributed by atoms with Crippen molar-refractivity contribution in [1.29, 1.82) is 0 Å². The van der Waals surface area contributed by atoms with Gasteiger partial charge in [-0.25, -0.2) is 9.18 Å². The van der Waals surface area contributed by atoms with Crippen molar-refractivity contribution in [2.75, 3.05) is 19.7 Å². The maximum atomic E-state index is 14.4. The molecule has 2 heterocycles. The Labute approximate surface area is 145 Å². The number of fused-ring (bicyclic) bond motifs is 1. The SMILES string of the molecule is CCOC(=O)c1sc2cccc(F)c2c1CN1C[C@@H](C)O[C@H](C)C1. The van der Waals surface area contributed by atoms with Crippen molar-refractivity contribution in [1.82, 2.24) is 4.90 Å². The van der Waals surface area contributed by atoms with Gasteiger partial charge in [-0.3, -0.25) is 4.90 Å². The predicted octanol–water partition coefficient (Wildman–Crippen LogP) is 3.83. The first-order chi connectivity index (χ1) is 11.5. The highest BCUT2D eigenvalue weighted by molar-refractivity contribution is 7.21. The van der Waals surface area contributed by atoms with Gasteiger partial charge in [0.05, 0.1) is 18.8 Å². The van der Waals surface area contributed by atoms with Gasteiger partial charge in [0, 0.05) is 35.3 Å². The molecule has 0 aliphatic carbocycles. The van der Waals surface area contributed by atoms with E-state index in [1.54, 1.807) is 13.0 Å². The summed E-state index contributed by atoms with van der Waals surface area (Å²) in [5, 5.41) is 0.539. The third-order valence-electron chi connectivity index (χ3n) is 4.10. The fourth-order valence-corrected chi connectivity index (χ4v) is 4.44. The van der Waals surface area contributed by atoms with Crippen LogP contribution in [0.2, 0.25) is 0 Å². The summed E-state index contributed by atoms with van der Waals surface area (Å²) in [6.07, 6.45) is 0.240. The van der Waals surface area contributed by atoms with Gasteiger partial charge in [-0.1, -0.05) is 6.07 Å². The normalized spacial score (nSPS) is 22.0. The fraction of sp³-hybridized carbons (Fsp3) is 0.500. The summed E-state index contributed by atoms with van der Waals surface area (Å²) in [6, 6.07) is 4.96. The molecule has 2 atom stereocenters. The zero-order valence-electron chi connectivity index (χ0n) is 14.2. The molecule has 0 N–H and O–H groups in total. The number of rotatable bonds is 4. The molecule has 0 amide bonds. The molecule has 130 valence electrons. The Morgan fingerprint density at radius 1 is 1.38 bits per heavy atom. The highest BCUT2D eigenvalue weighted by Gasteiger charge is 2.27. The second-order valence-electron chi connectivity index (χ2n) is 6.19. The summed E-state index contributed by atoms with van der Waals surface area (Å²) in [6.45, 7) is 8.18. The first-order valence-electron chi connectivity index (χ1n) is 8.24. The monoisotopic (exact) mass is 351 g/mol. The van der Waals surface area contributed by atoms with E-state index in [1.807, 2.05) is 19.9 Å². The molecule has 1 saturated heterocycles. The number of ether oxygens (including phenoxy) is 2. The molecule has 0 bridgehead atoms. The van der Waals surface area contributed by atoms with Gasteiger partial charge in [0.15, 0.2) is 0 Å². The third kappa shape index (κ3) is 3.45. The van der Waals surface area contributed by atoms with Crippen molar-refractivity contribution in [3.8, 4) is 0 Å². The standard InChI is InChI=1S/C18H22FNO3S/c1-4-22-18(21)17-13(10-20-8-11(2)23-12(3)9-20)16-14(19)6-5-7-15(16)24-17/h5-7,11-12H,4,8-10H2,1-3H3/t11-,12-/m1/s1. The lowest BCUT2D eigenvalue weighted by Crippen LogP contribution is -2.45. The van der Waals surface area contributed by atoms with Gasteiger partial charge in [-0.2, -0.15) is 0 Å². The molecule has 0 radical (unpaired) electrons. The van der Waals surface area contributed by atoms with E-state index < -0.39 is 0 Å². The van der Waals surface area contributed by atoms with Crippen LogP contribution in [0, 0.1) is 5.82 Å². The number of nitrogens with zero attached hydrogens (tertiary/aromatic N) is 1. The highest BCUT2D eigenvalue weighted by atomic mass is 32.1. The lowest BCUT2D eigenvalue weighted by molar-refractivity contribution is -0.0704. The van der Waals surface area contributed by atoms with Gasteiger partial charge in [0.2, 0.25) is 0 Å². The van der Waals surface area contributed by atoms with E-state index in [2.05, 4.69) is 4.90 Å². The third-order valence-corrected chi connectivity index (χ3v) is 5.28. The zero-order valence-corrected chi connectivity index (χ0v) is 15.0.